The molecule has 2 amide bonds. The third kappa shape index (κ3) is 4.92. The standard InChI is InChI=1S/C23H26N4O3/c1-3-4-10-15-27-22(29)19-14-9-8-13-18(19)21(25-27)23(30)26(2)16-20(28)24-17-11-6-5-7-12-17/h5-9,11-14H,3-4,10,15-16H2,1-2H3,(H,24,28). The highest BCUT2D eigenvalue weighted by atomic mass is 16.2. The van der Waals surface area contributed by atoms with Crippen LogP contribution in [0.5, 0.6) is 0 Å². The van der Waals surface area contributed by atoms with E-state index in [9.17, 15) is 14.4 Å². The zero-order valence-corrected chi connectivity index (χ0v) is 17.3. The summed E-state index contributed by atoms with van der Waals surface area (Å²) in [6, 6.07) is 16.0. The fourth-order valence-electron chi connectivity index (χ4n) is 3.25. The van der Waals surface area contributed by atoms with Crippen LogP contribution in [0.25, 0.3) is 10.8 Å². The summed E-state index contributed by atoms with van der Waals surface area (Å²) in [4.78, 5) is 39.5. The van der Waals surface area contributed by atoms with Crippen LogP contribution in [-0.4, -0.2) is 40.1 Å². The number of likely N-dealkylation sites (N-methyl/N-ethyl adjacent to an activating group) is 1. The lowest BCUT2D eigenvalue weighted by atomic mass is 10.1. The van der Waals surface area contributed by atoms with E-state index >= 15 is 0 Å². The molecule has 0 aliphatic rings. The van der Waals surface area contributed by atoms with Gasteiger partial charge in [0, 0.05) is 24.7 Å². The molecule has 0 radical (unpaired) electrons. The van der Waals surface area contributed by atoms with Crippen LogP contribution in [0.4, 0.5) is 5.69 Å². The molecule has 0 aliphatic heterocycles. The van der Waals surface area contributed by atoms with Crippen LogP contribution in [0.2, 0.25) is 0 Å². The Kier molecular flexibility index (Phi) is 6.95. The van der Waals surface area contributed by atoms with Crippen LogP contribution >= 0.6 is 0 Å². The lowest BCUT2D eigenvalue weighted by Gasteiger charge is -2.18. The van der Waals surface area contributed by atoms with E-state index < -0.39 is 5.91 Å². The molecule has 3 rings (SSSR count). The molecule has 0 aliphatic carbocycles. The molecule has 3 aromatic rings. The molecule has 0 bridgehead atoms. The Morgan fingerprint density at radius 3 is 2.37 bits per heavy atom. The van der Waals surface area contributed by atoms with Crippen molar-refractivity contribution in [3.05, 3.63) is 70.6 Å². The van der Waals surface area contributed by atoms with Crippen LogP contribution < -0.4 is 10.9 Å². The van der Waals surface area contributed by atoms with Gasteiger partial charge in [-0.2, -0.15) is 5.10 Å². The molecule has 0 fully saturated rings. The van der Waals surface area contributed by atoms with Gasteiger partial charge in [-0.15, -0.1) is 0 Å². The average Bonchev–Trinajstić information content (AvgIpc) is 2.75. The number of hydrogen-bond donors (Lipinski definition) is 1. The molecule has 0 spiro atoms. The summed E-state index contributed by atoms with van der Waals surface area (Å²) >= 11 is 0. The first kappa shape index (κ1) is 21.2. The molecule has 1 heterocycles. The van der Waals surface area contributed by atoms with Gasteiger partial charge in [0.1, 0.15) is 0 Å². The van der Waals surface area contributed by atoms with Gasteiger partial charge in [-0.25, -0.2) is 4.68 Å². The van der Waals surface area contributed by atoms with Gasteiger partial charge in [0.25, 0.3) is 11.5 Å². The van der Waals surface area contributed by atoms with Crippen LogP contribution in [-0.2, 0) is 11.3 Å². The van der Waals surface area contributed by atoms with Crippen molar-refractivity contribution in [3.63, 3.8) is 0 Å². The topological polar surface area (TPSA) is 84.3 Å². The fraction of sp³-hybridized carbons (Fsp3) is 0.304. The number of anilines is 1. The number of hydrogen-bond acceptors (Lipinski definition) is 4. The van der Waals surface area contributed by atoms with Gasteiger partial charge in [0.05, 0.1) is 11.9 Å². The van der Waals surface area contributed by atoms with Crippen LogP contribution in [0.15, 0.2) is 59.4 Å². The Morgan fingerprint density at radius 2 is 1.67 bits per heavy atom. The van der Waals surface area contributed by atoms with Crippen molar-refractivity contribution in [2.75, 3.05) is 18.9 Å². The molecular weight excluding hydrogens is 380 g/mol. The molecule has 0 saturated heterocycles. The summed E-state index contributed by atoms with van der Waals surface area (Å²) in [5, 5.41) is 8.08. The number of aromatic nitrogens is 2. The van der Waals surface area contributed by atoms with Crippen LogP contribution in [0.1, 0.15) is 36.7 Å². The van der Waals surface area contributed by atoms with E-state index in [-0.39, 0.29) is 23.7 Å². The number of unbranched alkanes of at least 4 members (excludes halogenated alkanes) is 2. The number of benzene rings is 2. The zero-order chi connectivity index (χ0) is 21.5. The van der Waals surface area contributed by atoms with Gasteiger partial charge in [-0.3, -0.25) is 14.4 Å². The summed E-state index contributed by atoms with van der Waals surface area (Å²) < 4.78 is 1.36. The van der Waals surface area contributed by atoms with Crippen molar-refractivity contribution in [1.82, 2.24) is 14.7 Å². The molecule has 0 atom stereocenters. The van der Waals surface area contributed by atoms with Crippen molar-refractivity contribution >= 4 is 28.3 Å². The van der Waals surface area contributed by atoms with Gasteiger partial charge in [-0.1, -0.05) is 56.2 Å². The minimum absolute atomic E-state index is 0.126. The van der Waals surface area contributed by atoms with Crippen molar-refractivity contribution in [2.24, 2.45) is 0 Å². The number of nitrogens with one attached hydrogen (secondary N) is 1. The highest BCUT2D eigenvalue weighted by Gasteiger charge is 2.21. The highest BCUT2D eigenvalue weighted by Crippen LogP contribution is 2.15. The largest absolute Gasteiger partial charge is 0.331 e. The lowest BCUT2D eigenvalue weighted by Crippen LogP contribution is -2.37. The number of fused-ring (bicyclic) bond motifs is 1. The van der Waals surface area contributed by atoms with Gasteiger partial charge in [0.15, 0.2) is 5.69 Å². The predicted octanol–water partition coefficient (Wildman–Crippen LogP) is 3.30. The number of rotatable bonds is 8. The van der Waals surface area contributed by atoms with Gasteiger partial charge in [0.2, 0.25) is 5.91 Å². The molecule has 0 saturated carbocycles. The predicted molar refractivity (Wildman–Crippen MR) is 118 cm³/mol. The summed E-state index contributed by atoms with van der Waals surface area (Å²) in [6.07, 6.45) is 2.81. The van der Waals surface area contributed by atoms with Gasteiger partial charge in [-0.05, 0) is 24.6 Å². The van der Waals surface area contributed by atoms with Crippen molar-refractivity contribution in [2.45, 2.75) is 32.7 Å². The van der Waals surface area contributed by atoms with E-state index in [0.29, 0.717) is 23.0 Å². The zero-order valence-electron chi connectivity index (χ0n) is 17.3. The third-order valence-electron chi connectivity index (χ3n) is 4.83. The van der Waals surface area contributed by atoms with E-state index in [1.807, 2.05) is 18.2 Å². The lowest BCUT2D eigenvalue weighted by molar-refractivity contribution is -0.116. The second-order valence-electron chi connectivity index (χ2n) is 7.21. The molecule has 156 valence electrons. The molecule has 1 N–H and O–H groups in total. The smallest absolute Gasteiger partial charge is 0.275 e. The summed E-state index contributed by atoms with van der Waals surface area (Å²) in [5.41, 5.74) is 0.635. The highest BCUT2D eigenvalue weighted by molar-refractivity contribution is 6.06. The first-order valence-corrected chi connectivity index (χ1v) is 10.1. The number of carbonyl (C=O) groups is 2. The Labute approximate surface area is 175 Å². The van der Waals surface area contributed by atoms with E-state index in [0.717, 1.165) is 19.3 Å². The number of aryl methyl sites for hydroxylation is 1. The quantitative estimate of drug-likeness (QED) is 0.582. The molecular formula is C23H26N4O3. The number of para-hydroxylation sites is 1. The van der Waals surface area contributed by atoms with Crippen molar-refractivity contribution < 1.29 is 9.59 Å². The Bertz CT molecular complexity index is 1090. The second kappa shape index (κ2) is 9.82. The Morgan fingerprint density at radius 1 is 1.00 bits per heavy atom. The Balaban J connectivity index is 1.84. The number of amides is 2. The fourth-order valence-corrected chi connectivity index (χ4v) is 3.25. The molecule has 2 aromatic carbocycles. The average molecular weight is 406 g/mol. The van der Waals surface area contributed by atoms with Crippen molar-refractivity contribution in [1.29, 1.82) is 0 Å². The van der Waals surface area contributed by atoms with Crippen molar-refractivity contribution in [3.8, 4) is 0 Å². The van der Waals surface area contributed by atoms with Gasteiger partial charge < -0.3 is 10.2 Å². The maximum Gasteiger partial charge on any atom is 0.275 e. The number of nitrogens with zero attached hydrogens (tertiary/aromatic N) is 3. The van der Waals surface area contributed by atoms with Gasteiger partial charge >= 0.3 is 0 Å². The van der Waals surface area contributed by atoms with E-state index in [1.54, 1.807) is 43.4 Å². The summed E-state index contributed by atoms with van der Waals surface area (Å²) in [5.74, 6) is -0.712. The molecule has 1 aromatic heterocycles. The molecule has 0 unspecified atom stereocenters. The van der Waals surface area contributed by atoms with E-state index in [1.165, 1.54) is 9.58 Å². The normalized spacial score (nSPS) is 10.7. The SMILES string of the molecule is CCCCCn1nc(C(=O)N(C)CC(=O)Nc2ccccc2)c2ccccc2c1=O. The molecule has 7 heteroatoms. The maximum absolute atomic E-state index is 13.1. The van der Waals surface area contributed by atoms with E-state index in [4.69, 9.17) is 0 Å². The minimum atomic E-state index is -0.404. The second-order valence-corrected chi connectivity index (χ2v) is 7.21. The number of carbonyl (C=O) groups excluding carboxylic acids is 2. The van der Waals surface area contributed by atoms with Crippen LogP contribution in [0.3, 0.4) is 0 Å². The maximum atomic E-state index is 13.1. The van der Waals surface area contributed by atoms with Crippen LogP contribution in [0, 0.1) is 0 Å². The first-order valence-electron chi connectivity index (χ1n) is 10.1. The summed E-state index contributed by atoms with van der Waals surface area (Å²) in [6.45, 7) is 2.41. The first-order chi connectivity index (χ1) is 14.5. The third-order valence-corrected chi connectivity index (χ3v) is 4.83. The van der Waals surface area contributed by atoms with E-state index in [2.05, 4.69) is 17.3 Å². The molecule has 7 nitrogen and oxygen atoms in total. The minimum Gasteiger partial charge on any atom is -0.331 e. The molecule has 30 heavy (non-hydrogen) atoms. The Hall–Kier alpha value is -3.48. The summed E-state index contributed by atoms with van der Waals surface area (Å²) in [7, 11) is 1.55. The monoisotopic (exact) mass is 406 g/mol.